The first-order valence-corrected chi connectivity index (χ1v) is 11.6. The van der Waals surface area contributed by atoms with E-state index in [0.717, 1.165) is 17.5 Å². The molecule has 0 atom stereocenters. The van der Waals surface area contributed by atoms with Crippen LogP contribution >= 0.6 is 11.6 Å². The zero-order valence-corrected chi connectivity index (χ0v) is 19.5. The molecule has 0 spiro atoms. The van der Waals surface area contributed by atoms with Gasteiger partial charge in [0.2, 0.25) is 17.6 Å². The molecule has 1 aromatic heterocycles. The molecule has 3 aromatic carbocycles. The molecule has 0 saturated carbocycles. The van der Waals surface area contributed by atoms with Crippen molar-refractivity contribution in [2.45, 2.75) is 19.4 Å². The fraction of sp³-hybridized carbons (Fsp3) is 0.222. The number of halogens is 1. The number of aromatic nitrogens is 2. The highest BCUT2D eigenvalue weighted by atomic mass is 35.5. The molecular weight excluding hydrogens is 450 g/mol. The molecule has 6 nitrogen and oxygen atoms in total. The summed E-state index contributed by atoms with van der Waals surface area (Å²) < 4.78 is 11.1. The summed E-state index contributed by atoms with van der Waals surface area (Å²) in [5.41, 5.74) is 3.03. The number of hydrogen-bond acceptors (Lipinski definition) is 5. The average Bonchev–Trinajstić information content (AvgIpc) is 3.35. The van der Waals surface area contributed by atoms with E-state index < -0.39 is 0 Å². The topological polar surface area (TPSA) is 68.5 Å². The molecule has 0 aliphatic carbocycles. The van der Waals surface area contributed by atoms with Crippen LogP contribution in [0.1, 0.15) is 17.0 Å². The van der Waals surface area contributed by atoms with E-state index in [9.17, 15) is 4.79 Å². The van der Waals surface area contributed by atoms with Gasteiger partial charge >= 0.3 is 0 Å². The molecule has 0 radical (unpaired) electrons. The van der Waals surface area contributed by atoms with Crippen LogP contribution in [0.3, 0.4) is 0 Å². The lowest BCUT2D eigenvalue weighted by Gasteiger charge is -2.22. The summed E-state index contributed by atoms with van der Waals surface area (Å²) in [7, 11) is 0. The lowest BCUT2D eigenvalue weighted by atomic mass is 10.1. The van der Waals surface area contributed by atoms with E-state index in [-0.39, 0.29) is 12.5 Å². The van der Waals surface area contributed by atoms with Gasteiger partial charge in [-0.15, -0.1) is 0 Å². The Morgan fingerprint density at radius 2 is 1.50 bits per heavy atom. The lowest BCUT2D eigenvalue weighted by Crippen LogP contribution is -2.37. The Bertz CT molecular complexity index is 1160. The predicted molar refractivity (Wildman–Crippen MR) is 131 cm³/mol. The van der Waals surface area contributed by atoms with Crippen molar-refractivity contribution in [3.8, 4) is 11.4 Å². The Labute approximate surface area is 204 Å². The van der Waals surface area contributed by atoms with Crippen molar-refractivity contribution in [2.75, 3.05) is 19.7 Å². The highest BCUT2D eigenvalue weighted by molar-refractivity contribution is 6.30. The van der Waals surface area contributed by atoms with Gasteiger partial charge in [-0.05, 0) is 41.8 Å². The number of carbonyl (C=O) groups is 1. The Hall–Kier alpha value is -3.48. The first kappa shape index (κ1) is 23.7. The van der Waals surface area contributed by atoms with Gasteiger partial charge in [-0.3, -0.25) is 4.79 Å². The molecule has 4 aromatic rings. The highest BCUT2D eigenvalue weighted by Crippen LogP contribution is 2.19. The van der Waals surface area contributed by atoms with Crippen molar-refractivity contribution in [2.24, 2.45) is 0 Å². The minimum atomic E-state index is -0.0655. The predicted octanol–water partition coefficient (Wildman–Crippen LogP) is 5.22. The molecular formula is C27H26ClN3O3. The molecule has 0 N–H and O–H groups in total. The first-order valence-electron chi connectivity index (χ1n) is 11.2. The lowest BCUT2D eigenvalue weighted by molar-refractivity contribution is -0.136. The van der Waals surface area contributed by atoms with E-state index in [0.29, 0.717) is 42.9 Å². The van der Waals surface area contributed by atoms with Crippen molar-refractivity contribution in [3.05, 3.63) is 107 Å². The molecule has 0 saturated heterocycles. The van der Waals surface area contributed by atoms with Crippen LogP contribution in [0.25, 0.3) is 11.4 Å². The fourth-order valence-electron chi connectivity index (χ4n) is 3.49. The molecule has 0 fully saturated rings. The maximum Gasteiger partial charge on any atom is 0.248 e. The second-order valence-electron chi connectivity index (χ2n) is 7.86. The van der Waals surface area contributed by atoms with Crippen LogP contribution in [0.4, 0.5) is 0 Å². The Morgan fingerprint density at radius 3 is 2.21 bits per heavy atom. The van der Waals surface area contributed by atoms with Crippen LogP contribution in [0.15, 0.2) is 89.5 Å². The number of carbonyl (C=O) groups excluding carboxylic acids is 1. The van der Waals surface area contributed by atoms with Crippen LogP contribution < -0.4 is 0 Å². The third kappa shape index (κ3) is 7.01. The largest absolute Gasteiger partial charge is 0.367 e. The van der Waals surface area contributed by atoms with Gasteiger partial charge in [0, 0.05) is 30.1 Å². The monoisotopic (exact) mass is 475 g/mol. The van der Waals surface area contributed by atoms with E-state index in [4.69, 9.17) is 20.9 Å². The van der Waals surface area contributed by atoms with Crippen LogP contribution in [0.2, 0.25) is 5.02 Å². The molecule has 7 heteroatoms. The summed E-state index contributed by atoms with van der Waals surface area (Å²) in [6.07, 6.45) is 1.21. The van der Waals surface area contributed by atoms with Crippen LogP contribution in [0, 0.1) is 0 Å². The molecule has 1 amide bonds. The van der Waals surface area contributed by atoms with E-state index in [1.165, 1.54) is 5.56 Å². The van der Waals surface area contributed by atoms with Crippen molar-refractivity contribution < 1.29 is 14.1 Å². The van der Waals surface area contributed by atoms with Crippen LogP contribution in [-0.4, -0.2) is 40.6 Å². The van der Waals surface area contributed by atoms with Crippen molar-refractivity contribution in [1.82, 2.24) is 15.0 Å². The maximum absolute atomic E-state index is 13.0. The Kier molecular flexibility index (Phi) is 8.43. The number of amides is 1. The number of rotatable bonds is 11. The number of ether oxygens (including phenoxy) is 1. The summed E-state index contributed by atoms with van der Waals surface area (Å²) >= 11 is 5.95. The zero-order valence-electron chi connectivity index (χ0n) is 18.8. The van der Waals surface area contributed by atoms with Crippen LogP contribution in [-0.2, 0) is 29.0 Å². The van der Waals surface area contributed by atoms with Gasteiger partial charge in [-0.1, -0.05) is 77.4 Å². The van der Waals surface area contributed by atoms with E-state index >= 15 is 0 Å². The second-order valence-corrected chi connectivity index (χ2v) is 8.30. The number of hydrogen-bond donors (Lipinski definition) is 0. The Balaban J connectivity index is 1.36. The third-order valence-corrected chi connectivity index (χ3v) is 5.62. The summed E-state index contributed by atoms with van der Waals surface area (Å²) in [4.78, 5) is 19.2. The average molecular weight is 476 g/mol. The van der Waals surface area contributed by atoms with Crippen molar-refractivity contribution in [3.63, 3.8) is 0 Å². The van der Waals surface area contributed by atoms with Gasteiger partial charge in [0.25, 0.3) is 0 Å². The Morgan fingerprint density at radius 1 is 0.853 bits per heavy atom. The molecule has 0 aliphatic heterocycles. The molecule has 0 unspecified atom stereocenters. The van der Waals surface area contributed by atoms with Gasteiger partial charge in [0.1, 0.15) is 6.61 Å². The molecule has 34 heavy (non-hydrogen) atoms. The van der Waals surface area contributed by atoms with Crippen molar-refractivity contribution in [1.29, 1.82) is 0 Å². The van der Waals surface area contributed by atoms with E-state index in [2.05, 4.69) is 22.3 Å². The first-order chi connectivity index (χ1) is 16.7. The molecule has 4 rings (SSSR count). The molecule has 0 bridgehead atoms. The van der Waals surface area contributed by atoms with E-state index in [1.54, 1.807) is 17.0 Å². The maximum atomic E-state index is 13.0. The summed E-state index contributed by atoms with van der Waals surface area (Å²) in [6.45, 7) is 1.45. The van der Waals surface area contributed by atoms with Gasteiger partial charge < -0.3 is 14.2 Å². The van der Waals surface area contributed by atoms with Gasteiger partial charge in [0.15, 0.2) is 0 Å². The van der Waals surface area contributed by atoms with Gasteiger partial charge in [-0.25, -0.2) is 0 Å². The zero-order chi connectivity index (χ0) is 23.6. The molecule has 0 aliphatic rings. The van der Waals surface area contributed by atoms with Crippen molar-refractivity contribution >= 4 is 17.5 Å². The van der Waals surface area contributed by atoms with E-state index in [1.807, 2.05) is 60.7 Å². The normalized spacial score (nSPS) is 10.9. The third-order valence-electron chi connectivity index (χ3n) is 5.37. The summed E-state index contributed by atoms with van der Waals surface area (Å²) in [5, 5.41) is 4.71. The SMILES string of the molecule is O=C(COCc1ccccc1)N(CCc1ccccc1)CCc1nc(-c2ccc(Cl)cc2)no1. The second kappa shape index (κ2) is 12.1. The van der Waals surface area contributed by atoms with Gasteiger partial charge in [0.05, 0.1) is 6.61 Å². The molecule has 174 valence electrons. The van der Waals surface area contributed by atoms with Crippen LogP contribution in [0.5, 0.6) is 0 Å². The van der Waals surface area contributed by atoms with Gasteiger partial charge in [-0.2, -0.15) is 4.98 Å². The number of nitrogens with zero attached hydrogens (tertiary/aromatic N) is 3. The molecule has 1 heterocycles. The smallest absolute Gasteiger partial charge is 0.248 e. The fourth-order valence-corrected chi connectivity index (χ4v) is 3.62. The minimum absolute atomic E-state index is 0.0174. The quantitative estimate of drug-likeness (QED) is 0.297. The summed E-state index contributed by atoms with van der Waals surface area (Å²) in [6, 6.07) is 27.2. The number of benzene rings is 3. The minimum Gasteiger partial charge on any atom is -0.367 e. The standard InChI is InChI=1S/C27H26ClN3O3/c28-24-13-11-23(12-14-24)27-29-25(34-30-27)16-18-31(17-15-21-7-3-1-4-8-21)26(32)20-33-19-22-9-5-2-6-10-22/h1-14H,15-20H2. The summed E-state index contributed by atoms with van der Waals surface area (Å²) in [5.74, 6) is 0.914. The highest BCUT2D eigenvalue weighted by Gasteiger charge is 2.16.